The van der Waals surface area contributed by atoms with E-state index in [1.54, 1.807) is 30.3 Å². The maximum absolute atomic E-state index is 12.2. The molecule has 2 aromatic rings. The second-order valence-electron chi connectivity index (χ2n) is 5.29. The van der Waals surface area contributed by atoms with Crippen molar-refractivity contribution < 1.29 is 18.0 Å². The van der Waals surface area contributed by atoms with E-state index in [4.69, 9.17) is 0 Å². The number of ketones is 1. The van der Waals surface area contributed by atoms with Gasteiger partial charge in [-0.15, -0.1) is 0 Å². The van der Waals surface area contributed by atoms with Crippen LogP contribution in [0.5, 0.6) is 0 Å². The van der Waals surface area contributed by atoms with E-state index in [0.717, 1.165) is 4.47 Å². The molecule has 132 valence electrons. The van der Waals surface area contributed by atoms with Crippen LogP contribution in [0, 0.1) is 0 Å². The third-order valence-corrected chi connectivity index (χ3v) is 5.31. The van der Waals surface area contributed by atoms with Crippen molar-refractivity contribution in [3.8, 4) is 0 Å². The van der Waals surface area contributed by atoms with Crippen LogP contribution in [0.1, 0.15) is 23.7 Å². The summed E-state index contributed by atoms with van der Waals surface area (Å²) in [6.07, 6.45) is -0.0122. The van der Waals surface area contributed by atoms with Crippen LogP contribution in [0.2, 0.25) is 0 Å². The Labute approximate surface area is 154 Å². The predicted octanol–water partition coefficient (Wildman–Crippen LogP) is 2.96. The fraction of sp³-hybridized carbons (Fsp3) is 0.176. The number of benzene rings is 2. The first-order valence-electron chi connectivity index (χ1n) is 7.44. The molecule has 0 aliphatic heterocycles. The number of hydrogen-bond donors (Lipinski definition) is 2. The molecule has 0 bridgehead atoms. The number of anilines is 1. The number of carbonyl (C=O) groups excluding carboxylic acids is 2. The van der Waals surface area contributed by atoms with E-state index in [0.29, 0.717) is 11.3 Å². The summed E-state index contributed by atoms with van der Waals surface area (Å²) in [5, 5.41) is 2.68. The van der Waals surface area contributed by atoms with Gasteiger partial charge in [-0.3, -0.25) is 9.59 Å². The molecule has 2 rings (SSSR count). The summed E-state index contributed by atoms with van der Waals surface area (Å²) >= 11 is 3.30. The van der Waals surface area contributed by atoms with Crippen molar-refractivity contribution in [2.45, 2.75) is 18.2 Å². The van der Waals surface area contributed by atoms with E-state index in [2.05, 4.69) is 26.0 Å². The molecule has 1 amide bonds. The standard InChI is InChI=1S/C17H17BrN2O4S/c1-12(21)13-3-2-4-16(11-13)25(23,24)19-10-9-17(22)20-15-7-5-14(18)6-8-15/h2-8,11,19H,9-10H2,1H3,(H,20,22). The number of halogens is 1. The van der Waals surface area contributed by atoms with Gasteiger partial charge in [0.2, 0.25) is 15.9 Å². The number of sulfonamides is 1. The maximum Gasteiger partial charge on any atom is 0.240 e. The second-order valence-corrected chi connectivity index (χ2v) is 7.97. The largest absolute Gasteiger partial charge is 0.326 e. The molecular formula is C17H17BrN2O4S. The van der Waals surface area contributed by atoms with Gasteiger partial charge >= 0.3 is 0 Å². The first-order valence-corrected chi connectivity index (χ1v) is 9.71. The maximum atomic E-state index is 12.2. The first-order chi connectivity index (χ1) is 11.8. The molecule has 0 aromatic heterocycles. The highest BCUT2D eigenvalue weighted by atomic mass is 79.9. The highest BCUT2D eigenvalue weighted by Gasteiger charge is 2.15. The third kappa shape index (κ3) is 5.77. The summed E-state index contributed by atoms with van der Waals surface area (Å²) in [6.45, 7) is 1.32. The summed E-state index contributed by atoms with van der Waals surface area (Å²) in [6, 6.07) is 12.8. The van der Waals surface area contributed by atoms with Gasteiger partial charge < -0.3 is 5.32 Å². The van der Waals surface area contributed by atoms with Crippen molar-refractivity contribution in [1.82, 2.24) is 4.72 Å². The molecule has 2 N–H and O–H groups in total. The van der Waals surface area contributed by atoms with Crippen molar-refractivity contribution in [3.63, 3.8) is 0 Å². The molecule has 0 saturated heterocycles. The van der Waals surface area contributed by atoms with Crippen LogP contribution in [0.3, 0.4) is 0 Å². The Morgan fingerprint density at radius 1 is 1.08 bits per heavy atom. The van der Waals surface area contributed by atoms with E-state index in [-0.39, 0.29) is 29.6 Å². The fourth-order valence-corrected chi connectivity index (χ4v) is 3.36. The molecule has 25 heavy (non-hydrogen) atoms. The van der Waals surface area contributed by atoms with Crippen molar-refractivity contribution in [1.29, 1.82) is 0 Å². The lowest BCUT2D eigenvalue weighted by Crippen LogP contribution is -2.28. The van der Waals surface area contributed by atoms with Crippen LogP contribution in [0.25, 0.3) is 0 Å². The molecule has 0 heterocycles. The van der Waals surface area contributed by atoms with Crippen molar-refractivity contribution in [2.75, 3.05) is 11.9 Å². The van der Waals surface area contributed by atoms with E-state index in [9.17, 15) is 18.0 Å². The van der Waals surface area contributed by atoms with Gasteiger partial charge in [0.1, 0.15) is 0 Å². The normalized spacial score (nSPS) is 11.1. The zero-order valence-electron chi connectivity index (χ0n) is 13.5. The highest BCUT2D eigenvalue weighted by Crippen LogP contribution is 2.14. The second kappa shape index (κ2) is 8.37. The number of Topliss-reactive ketones (excluding diaryl/α,β-unsaturated/α-hetero) is 1. The smallest absolute Gasteiger partial charge is 0.240 e. The minimum absolute atomic E-state index is 0.00600. The zero-order chi connectivity index (χ0) is 18.4. The van der Waals surface area contributed by atoms with Crippen LogP contribution in [-0.2, 0) is 14.8 Å². The molecule has 0 aliphatic rings. The topological polar surface area (TPSA) is 92.3 Å². The summed E-state index contributed by atoms with van der Waals surface area (Å²) in [4.78, 5) is 23.2. The number of nitrogens with one attached hydrogen (secondary N) is 2. The van der Waals surface area contributed by atoms with Crippen molar-refractivity contribution in [2.24, 2.45) is 0 Å². The van der Waals surface area contributed by atoms with Gasteiger partial charge in [-0.05, 0) is 43.3 Å². The van der Waals surface area contributed by atoms with Gasteiger partial charge in [0.05, 0.1) is 4.90 Å². The Hall–Kier alpha value is -2.03. The van der Waals surface area contributed by atoms with Crippen LogP contribution >= 0.6 is 15.9 Å². The van der Waals surface area contributed by atoms with Gasteiger partial charge in [-0.25, -0.2) is 13.1 Å². The molecule has 0 saturated carbocycles. The van der Waals surface area contributed by atoms with Crippen molar-refractivity contribution in [3.05, 3.63) is 58.6 Å². The molecule has 0 aliphatic carbocycles. The molecule has 0 radical (unpaired) electrons. The Kier molecular flexibility index (Phi) is 6.46. The number of carbonyl (C=O) groups is 2. The molecule has 0 spiro atoms. The Balaban J connectivity index is 1.91. The molecular weight excluding hydrogens is 408 g/mol. The SMILES string of the molecule is CC(=O)c1cccc(S(=O)(=O)NCCC(=O)Nc2ccc(Br)cc2)c1. The number of rotatable bonds is 7. The Morgan fingerprint density at radius 2 is 1.76 bits per heavy atom. The summed E-state index contributed by atoms with van der Waals surface area (Å²) in [7, 11) is -3.78. The zero-order valence-corrected chi connectivity index (χ0v) is 15.9. The van der Waals surface area contributed by atoms with Crippen LogP contribution in [-0.4, -0.2) is 26.7 Å². The lowest BCUT2D eigenvalue weighted by Gasteiger charge is -2.08. The van der Waals surface area contributed by atoms with Gasteiger partial charge in [-0.1, -0.05) is 28.1 Å². The molecule has 8 heteroatoms. The monoisotopic (exact) mass is 424 g/mol. The van der Waals surface area contributed by atoms with Gasteiger partial charge in [0.25, 0.3) is 0 Å². The fourth-order valence-electron chi connectivity index (χ4n) is 2.02. The average molecular weight is 425 g/mol. The average Bonchev–Trinajstić information content (AvgIpc) is 2.57. The van der Waals surface area contributed by atoms with Crippen LogP contribution < -0.4 is 10.0 Å². The summed E-state index contributed by atoms with van der Waals surface area (Å²) in [5.74, 6) is -0.520. The Bertz CT molecular complexity index is 880. The van der Waals surface area contributed by atoms with Gasteiger partial charge in [0.15, 0.2) is 5.78 Å². The lowest BCUT2D eigenvalue weighted by molar-refractivity contribution is -0.116. The lowest BCUT2D eigenvalue weighted by atomic mass is 10.2. The molecule has 6 nitrogen and oxygen atoms in total. The van der Waals surface area contributed by atoms with E-state index in [1.165, 1.54) is 25.1 Å². The molecule has 0 unspecified atom stereocenters. The minimum atomic E-state index is -3.78. The number of amides is 1. The van der Waals surface area contributed by atoms with Gasteiger partial charge in [-0.2, -0.15) is 0 Å². The van der Waals surface area contributed by atoms with E-state index in [1.807, 2.05) is 0 Å². The molecule has 0 atom stereocenters. The quantitative estimate of drug-likeness (QED) is 0.668. The predicted molar refractivity (Wildman–Crippen MR) is 99.0 cm³/mol. The Morgan fingerprint density at radius 3 is 2.40 bits per heavy atom. The molecule has 0 fully saturated rings. The highest BCUT2D eigenvalue weighted by molar-refractivity contribution is 9.10. The van der Waals surface area contributed by atoms with E-state index >= 15 is 0 Å². The van der Waals surface area contributed by atoms with Crippen molar-refractivity contribution >= 4 is 43.3 Å². The third-order valence-electron chi connectivity index (χ3n) is 3.32. The molecule has 2 aromatic carbocycles. The van der Waals surface area contributed by atoms with E-state index < -0.39 is 10.0 Å². The summed E-state index contributed by atoms with van der Waals surface area (Å²) in [5.41, 5.74) is 0.945. The first kappa shape index (κ1) is 19.3. The van der Waals surface area contributed by atoms with Gasteiger partial charge in [0, 0.05) is 28.7 Å². The van der Waals surface area contributed by atoms with Crippen LogP contribution in [0.15, 0.2) is 57.9 Å². The number of hydrogen-bond acceptors (Lipinski definition) is 4. The summed E-state index contributed by atoms with van der Waals surface area (Å²) < 4.78 is 27.7. The van der Waals surface area contributed by atoms with Crippen LogP contribution in [0.4, 0.5) is 5.69 Å². The minimum Gasteiger partial charge on any atom is -0.326 e.